The lowest BCUT2D eigenvalue weighted by Crippen LogP contribution is -2.01. The highest BCUT2D eigenvalue weighted by Crippen LogP contribution is 2.30. The quantitative estimate of drug-likeness (QED) is 0.709. The summed E-state index contributed by atoms with van der Waals surface area (Å²) < 4.78 is 2.26. The number of hydrogen-bond donors (Lipinski definition) is 0. The summed E-state index contributed by atoms with van der Waals surface area (Å²) in [5.41, 5.74) is 7.94. The van der Waals surface area contributed by atoms with Crippen LogP contribution in [0.1, 0.15) is 61.7 Å². The molecule has 0 N–H and O–H groups in total. The third-order valence-corrected chi connectivity index (χ3v) is 4.04. The molecule has 2 nitrogen and oxygen atoms in total. The summed E-state index contributed by atoms with van der Waals surface area (Å²) in [4.78, 5) is 4.84. The molecular formula is C17H28N2. The van der Waals surface area contributed by atoms with Gasteiger partial charge in [-0.3, -0.25) is 0 Å². The Kier molecular flexibility index (Phi) is 4.78. The number of aromatic nitrogens is 2. The number of aryl methyl sites for hydroxylation is 3. The Balaban J connectivity index is 0.000000861. The van der Waals surface area contributed by atoms with E-state index in [1.807, 2.05) is 13.8 Å². The van der Waals surface area contributed by atoms with Crippen LogP contribution in [-0.4, -0.2) is 9.55 Å². The molecule has 0 saturated carbocycles. The van der Waals surface area contributed by atoms with Gasteiger partial charge in [-0.25, -0.2) is 4.98 Å². The molecule has 0 atom stereocenters. The van der Waals surface area contributed by atoms with Gasteiger partial charge in [-0.2, -0.15) is 0 Å². The minimum Gasteiger partial charge on any atom is -0.331 e. The van der Waals surface area contributed by atoms with Crippen molar-refractivity contribution in [3.63, 3.8) is 0 Å². The molecule has 0 radical (unpaired) electrons. The van der Waals surface area contributed by atoms with Gasteiger partial charge in [0.05, 0.1) is 11.0 Å². The van der Waals surface area contributed by atoms with Crippen LogP contribution in [0.4, 0.5) is 0 Å². The molecule has 0 spiro atoms. The highest BCUT2D eigenvalue weighted by molar-refractivity contribution is 5.85. The predicted molar refractivity (Wildman–Crippen MR) is 85.1 cm³/mol. The van der Waals surface area contributed by atoms with Crippen LogP contribution in [0.15, 0.2) is 0 Å². The molecule has 1 heterocycles. The Bertz CT molecular complexity index is 589. The largest absolute Gasteiger partial charge is 0.331 e. The van der Waals surface area contributed by atoms with Gasteiger partial charge in [-0.1, -0.05) is 27.7 Å². The van der Waals surface area contributed by atoms with E-state index in [2.05, 4.69) is 53.2 Å². The van der Waals surface area contributed by atoms with Crippen molar-refractivity contribution in [1.29, 1.82) is 0 Å². The van der Waals surface area contributed by atoms with E-state index >= 15 is 0 Å². The van der Waals surface area contributed by atoms with Gasteiger partial charge in [0.1, 0.15) is 5.82 Å². The first-order chi connectivity index (χ1) is 8.86. The number of fused-ring (bicyclic) bond motifs is 1. The number of benzene rings is 1. The van der Waals surface area contributed by atoms with E-state index < -0.39 is 0 Å². The fourth-order valence-electron chi connectivity index (χ4n) is 2.64. The van der Waals surface area contributed by atoms with Crippen LogP contribution in [0.5, 0.6) is 0 Å². The Hall–Kier alpha value is -1.31. The minimum atomic E-state index is 0.465. The fraction of sp³-hybridized carbons (Fsp3) is 0.588. The minimum absolute atomic E-state index is 0.465. The highest BCUT2D eigenvalue weighted by Gasteiger charge is 2.17. The molecule has 0 aliphatic heterocycles. The topological polar surface area (TPSA) is 17.8 Å². The van der Waals surface area contributed by atoms with Gasteiger partial charge in [0.15, 0.2) is 0 Å². The van der Waals surface area contributed by atoms with Crippen LogP contribution in [0.2, 0.25) is 0 Å². The van der Waals surface area contributed by atoms with Crippen molar-refractivity contribution in [2.24, 2.45) is 7.05 Å². The lowest BCUT2D eigenvalue weighted by Gasteiger charge is -2.11. The average molecular weight is 260 g/mol. The van der Waals surface area contributed by atoms with Crippen molar-refractivity contribution in [1.82, 2.24) is 9.55 Å². The maximum Gasteiger partial charge on any atom is 0.112 e. The Morgan fingerprint density at radius 2 is 1.32 bits per heavy atom. The van der Waals surface area contributed by atoms with E-state index in [0.717, 1.165) is 0 Å². The second-order valence-corrected chi connectivity index (χ2v) is 5.38. The standard InChI is InChI=1S/C15H22N2.C2H6/c1-8(2)15-16-13-11(5)9(3)10(4)12(6)14(13)17(15)7;1-2/h8H,1-7H3;1-2H3. The molecule has 2 rings (SSSR count). The summed E-state index contributed by atoms with van der Waals surface area (Å²) in [6.45, 7) is 17.2. The van der Waals surface area contributed by atoms with Crippen molar-refractivity contribution in [2.45, 2.75) is 61.3 Å². The summed E-state index contributed by atoms with van der Waals surface area (Å²) in [6.07, 6.45) is 0. The van der Waals surface area contributed by atoms with Gasteiger partial charge in [-0.05, 0) is 49.9 Å². The summed E-state index contributed by atoms with van der Waals surface area (Å²) in [5.74, 6) is 1.64. The molecule has 1 aromatic carbocycles. The van der Waals surface area contributed by atoms with E-state index in [9.17, 15) is 0 Å². The van der Waals surface area contributed by atoms with Crippen molar-refractivity contribution >= 4 is 11.0 Å². The van der Waals surface area contributed by atoms with Crippen molar-refractivity contribution in [3.05, 3.63) is 28.1 Å². The molecule has 0 amide bonds. The molecule has 0 fully saturated rings. The van der Waals surface area contributed by atoms with Gasteiger partial charge in [0, 0.05) is 13.0 Å². The van der Waals surface area contributed by atoms with E-state index in [0.29, 0.717) is 5.92 Å². The first-order valence-corrected chi connectivity index (χ1v) is 7.29. The monoisotopic (exact) mass is 260 g/mol. The van der Waals surface area contributed by atoms with Gasteiger partial charge >= 0.3 is 0 Å². The summed E-state index contributed by atoms with van der Waals surface area (Å²) in [5, 5.41) is 0. The van der Waals surface area contributed by atoms with E-state index in [-0.39, 0.29) is 0 Å². The lowest BCUT2D eigenvalue weighted by molar-refractivity contribution is 0.721. The highest BCUT2D eigenvalue weighted by atomic mass is 15.1. The zero-order valence-corrected chi connectivity index (χ0v) is 14.0. The summed E-state index contributed by atoms with van der Waals surface area (Å²) in [7, 11) is 2.13. The van der Waals surface area contributed by atoms with Crippen LogP contribution in [0, 0.1) is 27.7 Å². The number of nitrogens with zero attached hydrogens (tertiary/aromatic N) is 2. The van der Waals surface area contributed by atoms with Crippen LogP contribution in [-0.2, 0) is 7.05 Å². The first-order valence-electron chi connectivity index (χ1n) is 7.29. The van der Waals surface area contributed by atoms with Crippen LogP contribution < -0.4 is 0 Å². The molecular weight excluding hydrogens is 232 g/mol. The van der Waals surface area contributed by atoms with Crippen molar-refractivity contribution in [2.75, 3.05) is 0 Å². The zero-order chi connectivity index (χ0) is 14.9. The molecule has 1 aromatic heterocycles. The maximum absolute atomic E-state index is 4.84. The molecule has 2 heteroatoms. The molecule has 0 saturated heterocycles. The first kappa shape index (κ1) is 15.7. The summed E-state index contributed by atoms with van der Waals surface area (Å²) in [6, 6.07) is 0. The third kappa shape index (κ3) is 2.41. The van der Waals surface area contributed by atoms with E-state index in [4.69, 9.17) is 4.98 Å². The van der Waals surface area contributed by atoms with Gasteiger partial charge in [0.2, 0.25) is 0 Å². The van der Waals surface area contributed by atoms with Crippen LogP contribution in [0.3, 0.4) is 0 Å². The van der Waals surface area contributed by atoms with Crippen molar-refractivity contribution in [3.8, 4) is 0 Å². The maximum atomic E-state index is 4.84. The predicted octanol–water partition coefficient (Wildman–Crippen LogP) is 4.96. The molecule has 106 valence electrons. The fourth-order valence-corrected chi connectivity index (χ4v) is 2.64. The van der Waals surface area contributed by atoms with Gasteiger partial charge < -0.3 is 4.57 Å². The molecule has 0 aliphatic carbocycles. The lowest BCUT2D eigenvalue weighted by atomic mass is 9.97. The number of imidazole rings is 1. The molecule has 2 aromatic rings. The van der Waals surface area contributed by atoms with E-state index in [1.165, 1.54) is 39.1 Å². The zero-order valence-electron chi connectivity index (χ0n) is 14.0. The third-order valence-electron chi connectivity index (χ3n) is 4.04. The molecule has 19 heavy (non-hydrogen) atoms. The Labute approximate surface area is 117 Å². The van der Waals surface area contributed by atoms with Gasteiger partial charge in [-0.15, -0.1) is 0 Å². The Morgan fingerprint density at radius 1 is 0.842 bits per heavy atom. The smallest absolute Gasteiger partial charge is 0.112 e. The number of rotatable bonds is 1. The normalized spacial score (nSPS) is 10.8. The molecule has 0 aliphatic rings. The van der Waals surface area contributed by atoms with Gasteiger partial charge in [0.25, 0.3) is 0 Å². The second-order valence-electron chi connectivity index (χ2n) is 5.38. The molecule has 0 unspecified atom stereocenters. The van der Waals surface area contributed by atoms with E-state index in [1.54, 1.807) is 0 Å². The SMILES string of the molecule is CC.Cc1c(C)c(C)c2c(nc(C(C)C)n2C)c1C. The van der Waals surface area contributed by atoms with Crippen LogP contribution in [0.25, 0.3) is 11.0 Å². The second kappa shape index (κ2) is 5.77. The number of hydrogen-bond acceptors (Lipinski definition) is 1. The van der Waals surface area contributed by atoms with Crippen molar-refractivity contribution < 1.29 is 0 Å². The summed E-state index contributed by atoms with van der Waals surface area (Å²) >= 11 is 0. The van der Waals surface area contributed by atoms with Crippen LogP contribution >= 0.6 is 0 Å². The molecule has 0 bridgehead atoms. The average Bonchev–Trinajstić information content (AvgIpc) is 2.74. The Morgan fingerprint density at radius 3 is 1.79 bits per heavy atom.